The van der Waals surface area contributed by atoms with Gasteiger partial charge in [-0.25, -0.2) is 9.78 Å². The first-order chi connectivity index (χ1) is 13.6. The Morgan fingerprint density at radius 3 is 2.59 bits per heavy atom. The smallest absolute Gasteiger partial charge is 0.408 e. The van der Waals surface area contributed by atoms with Gasteiger partial charge in [-0.15, -0.1) is 0 Å². The summed E-state index contributed by atoms with van der Waals surface area (Å²) in [5, 5.41) is 3.63. The van der Waals surface area contributed by atoms with Crippen LogP contribution in [0.3, 0.4) is 0 Å². The van der Waals surface area contributed by atoms with Crippen molar-refractivity contribution in [1.29, 1.82) is 0 Å². The van der Waals surface area contributed by atoms with Crippen molar-refractivity contribution in [2.24, 2.45) is 0 Å². The van der Waals surface area contributed by atoms with E-state index in [1.54, 1.807) is 22.8 Å². The molecule has 158 valence electrons. The lowest BCUT2D eigenvalue weighted by molar-refractivity contribution is 0.0503. The molecule has 0 spiro atoms. The fourth-order valence-electron chi connectivity index (χ4n) is 3.68. The Hall–Kier alpha value is -2.12. The van der Waals surface area contributed by atoms with Crippen LogP contribution in [0.25, 0.3) is 10.9 Å². The highest BCUT2D eigenvalue weighted by atomic mass is 35.5. The van der Waals surface area contributed by atoms with Crippen LogP contribution >= 0.6 is 11.6 Å². The minimum absolute atomic E-state index is 0.00441. The van der Waals surface area contributed by atoms with Gasteiger partial charge in [0.15, 0.2) is 0 Å². The summed E-state index contributed by atoms with van der Waals surface area (Å²) in [6, 6.07) is 4.75. The Kier molecular flexibility index (Phi) is 6.19. The first kappa shape index (κ1) is 21.6. The van der Waals surface area contributed by atoms with Crippen molar-refractivity contribution >= 4 is 28.6 Å². The molecule has 7 nitrogen and oxygen atoms in total. The molecular formula is C21H29ClN4O3. The zero-order valence-corrected chi connectivity index (χ0v) is 18.4. The molecule has 2 aromatic rings. The van der Waals surface area contributed by atoms with Crippen molar-refractivity contribution in [3.8, 4) is 0 Å². The molecule has 1 N–H and O–H groups in total. The topological polar surface area (TPSA) is 76.5 Å². The molecular weight excluding hydrogens is 392 g/mol. The van der Waals surface area contributed by atoms with Gasteiger partial charge in [-0.3, -0.25) is 9.36 Å². The standard InChI is InChI=1S/C21H29ClN4O3/c1-13(23-20(28)29-21(2,3)4)18-24-16-8-6-7-15(22)17(16)19(27)26(18)14-9-11-25(5)12-10-14/h6-8,13-14H,9-12H2,1-5H3,(H,23,28)/t13-/m0/s1. The van der Waals surface area contributed by atoms with E-state index in [1.165, 1.54) is 0 Å². The highest BCUT2D eigenvalue weighted by Crippen LogP contribution is 2.27. The first-order valence-electron chi connectivity index (χ1n) is 9.95. The Morgan fingerprint density at radius 1 is 1.31 bits per heavy atom. The largest absolute Gasteiger partial charge is 0.444 e. The van der Waals surface area contributed by atoms with Crippen LogP contribution in [0.4, 0.5) is 4.79 Å². The second-order valence-corrected chi connectivity index (χ2v) is 9.09. The monoisotopic (exact) mass is 420 g/mol. The number of amides is 1. The van der Waals surface area contributed by atoms with Crippen LogP contribution in [0, 0.1) is 0 Å². The zero-order valence-electron chi connectivity index (χ0n) is 17.7. The van der Waals surface area contributed by atoms with Crippen LogP contribution in [0.5, 0.6) is 0 Å². The molecule has 0 unspecified atom stereocenters. The molecule has 1 aliphatic rings. The summed E-state index contributed by atoms with van der Waals surface area (Å²) in [6.07, 6.45) is 1.13. The zero-order chi connectivity index (χ0) is 21.3. The number of aromatic nitrogens is 2. The minimum Gasteiger partial charge on any atom is -0.444 e. The molecule has 2 heterocycles. The Labute approximate surface area is 176 Å². The van der Waals surface area contributed by atoms with Gasteiger partial charge in [0.2, 0.25) is 0 Å². The van der Waals surface area contributed by atoms with E-state index in [1.807, 2.05) is 27.7 Å². The first-order valence-corrected chi connectivity index (χ1v) is 10.3. The summed E-state index contributed by atoms with van der Waals surface area (Å²) in [4.78, 5) is 32.7. The number of rotatable bonds is 3. The van der Waals surface area contributed by atoms with E-state index in [2.05, 4.69) is 17.3 Å². The van der Waals surface area contributed by atoms with Crippen LogP contribution in [0.1, 0.15) is 58.4 Å². The normalized spacial score (nSPS) is 17.3. The minimum atomic E-state index is -0.609. The van der Waals surface area contributed by atoms with E-state index >= 15 is 0 Å². The molecule has 1 saturated heterocycles. The number of benzene rings is 1. The lowest BCUT2D eigenvalue weighted by Gasteiger charge is -2.32. The third-order valence-electron chi connectivity index (χ3n) is 5.08. The van der Waals surface area contributed by atoms with Crippen molar-refractivity contribution in [1.82, 2.24) is 19.8 Å². The maximum atomic E-state index is 13.5. The molecule has 8 heteroatoms. The number of nitrogens with one attached hydrogen (secondary N) is 1. The second-order valence-electron chi connectivity index (χ2n) is 8.68. The van der Waals surface area contributed by atoms with Gasteiger partial charge in [-0.1, -0.05) is 17.7 Å². The van der Waals surface area contributed by atoms with E-state index in [0.29, 0.717) is 21.7 Å². The Morgan fingerprint density at radius 2 is 1.97 bits per heavy atom. The lowest BCUT2D eigenvalue weighted by Crippen LogP contribution is -2.40. The summed E-state index contributed by atoms with van der Waals surface area (Å²) < 4.78 is 7.10. The number of likely N-dealkylation sites (tertiary alicyclic amines) is 1. The SMILES string of the molecule is C[C@H](NC(=O)OC(C)(C)C)c1nc2cccc(Cl)c2c(=O)n1C1CCN(C)CC1. The number of hydrogen-bond acceptors (Lipinski definition) is 5. The fraction of sp³-hybridized carbons (Fsp3) is 0.571. The van der Waals surface area contributed by atoms with Gasteiger partial charge in [0.05, 0.1) is 22.0 Å². The molecule has 1 aromatic heterocycles. The van der Waals surface area contributed by atoms with Gasteiger partial charge in [-0.2, -0.15) is 0 Å². The number of carbonyl (C=O) groups excluding carboxylic acids is 1. The molecule has 1 fully saturated rings. The van der Waals surface area contributed by atoms with Crippen LogP contribution in [0.2, 0.25) is 5.02 Å². The van der Waals surface area contributed by atoms with Crippen molar-refractivity contribution < 1.29 is 9.53 Å². The number of carbonyl (C=O) groups is 1. The Balaban J connectivity index is 2.06. The predicted molar refractivity (Wildman–Crippen MR) is 115 cm³/mol. The van der Waals surface area contributed by atoms with Gasteiger partial charge >= 0.3 is 6.09 Å². The van der Waals surface area contributed by atoms with Crippen LogP contribution in [-0.2, 0) is 4.74 Å². The predicted octanol–water partition coefficient (Wildman–Crippen LogP) is 3.90. The van der Waals surface area contributed by atoms with E-state index in [-0.39, 0.29) is 11.6 Å². The van der Waals surface area contributed by atoms with Crippen molar-refractivity contribution in [3.05, 3.63) is 39.4 Å². The molecule has 0 saturated carbocycles. The molecule has 1 aromatic carbocycles. The number of piperidine rings is 1. The number of alkyl carbamates (subject to hydrolysis) is 1. The maximum Gasteiger partial charge on any atom is 0.408 e. The quantitative estimate of drug-likeness (QED) is 0.814. The molecule has 1 aliphatic heterocycles. The summed E-state index contributed by atoms with van der Waals surface area (Å²) in [5.74, 6) is 0.519. The fourth-order valence-corrected chi connectivity index (χ4v) is 3.93. The summed E-state index contributed by atoms with van der Waals surface area (Å²) in [5.41, 5.74) is -0.246. The number of fused-ring (bicyclic) bond motifs is 1. The number of halogens is 1. The summed E-state index contributed by atoms with van der Waals surface area (Å²) in [7, 11) is 2.07. The average molecular weight is 421 g/mol. The third-order valence-corrected chi connectivity index (χ3v) is 5.39. The molecule has 1 amide bonds. The van der Waals surface area contributed by atoms with Crippen molar-refractivity contribution in [3.63, 3.8) is 0 Å². The number of nitrogens with zero attached hydrogens (tertiary/aromatic N) is 3. The Bertz CT molecular complexity index is 959. The van der Waals surface area contributed by atoms with Crippen molar-refractivity contribution in [2.75, 3.05) is 20.1 Å². The molecule has 3 rings (SSSR count). The van der Waals surface area contributed by atoms with Crippen LogP contribution in [-0.4, -0.2) is 46.3 Å². The van der Waals surface area contributed by atoms with Gasteiger partial charge < -0.3 is 15.0 Å². The number of hydrogen-bond donors (Lipinski definition) is 1. The molecule has 0 aliphatic carbocycles. The molecule has 0 bridgehead atoms. The molecule has 29 heavy (non-hydrogen) atoms. The van der Waals surface area contributed by atoms with E-state index in [4.69, 9.17) is 21.3 Å². The van der Waals surface area contributed by atoms with Gasteiger partial charge in [0.1, 0.15) is 11.4 Å². The maximum absolute atomic E-state index is 13.5. The third kappa shape index (κ3) is 4.90. The van der Waals surface area contributed by atoms with E-state index < -0.39 is 17.7 Å². The van der Waals surface area contributed by atoms with Gasteiger partial charge in [0, 0.05) is 6.04 Å². The highest BCUT2D eigenvalue weighted by molar-refractivity contribution is 6.35. The van der Waals surface area contributed by atoms with Gasteiger partial charge in [0.25, 0.3) is 5.56 Å². The summed E-state index contributed by atoms with van der Waals surface area (Å²) >= 11 is 6.33. The van der Waals surface area contributed by atoms with Crippen LogP contribution in [0.15, 0.2) is 23.0 Å². The van der Waals surface area contributed by atoms with Crippen molar-refractivity contribution in [2.45, 2.75) is 58.2 Å². The van der Waals surface area contributed by atoms with E-state index in [0.717, 1.165) is 25.9 Å². The summed E-state index contributed by atoms with van der Waals surface area (Å²) in [6.45, 7) is 9.02. The lowest BCUT2D eigenvalue weighted by atomic mass is 10.0. The van der Waals surface area contributed by atoms with Crippen LogP contribution < -0.4 is 10.9 Å². The number of ether oxygens (including phenoxy) is 1. The average Bonchev–Trinajstić information content (AvgIpc) is 2.60. The van der Waals surface area contributed by atoms with Gasteiger partial charge in [-0.05, 0) is 72.8 Å². The second kappa shape index (κ2) is 8.32. The highest BCUT2D eigenvalue weighted by Gasteiger charge is 2.27. The molecule has 1 atom stereocenters. The van der Waals surface area contributed by atoms with E-state index in [9.17, 15) is 9.59 Å². The molecule has 0 radical (unpaired) electrons.